The zero-order chi connectivity index (χ0) is 19.4. The van der Waals surface area contributed by atoms with Crippen molar-refractivity contribution in [1.29, 1.82) is 0 Å². The van der Waals surface area contributed by atoms with E-state index in [0.29, 0.717) is 19.5 Å². The third kappa shape index (κ3) is 4.87. The van der Waals surface area contributed by atoms with Crippen molar-refractivity contribution in [2.45, 2.75) is 45.3 Å². The minimum absolute atomic E-state index is 0.0962. The number of benzene rings is 1. The summed E-state index contributed by atoms with van der Waals surface area (Å²) < 4.78 is 7.39. The van der Waals surface area contributed by atoms with Crippen LogP contribution in [0.4, 0.5) is 0 Å². The molecule has 1 amide bonds. The second kappa shape index (κ2) is 8.24. The third-order valence-electron chi connectivity index (χ3n) is 4.67. The molecule has 2 aromatic rings. The molecule has 1 aliphatic heterocycles. The molecule has 0 unspecified atom stereocenters. The van der Waals surface area contributed by atoms with Crippen molar-refractivity contribution in [1.82, 2.24) is 14.7 Å². The zero-order valence-corrected chi connectivity index (χ0v) is 15.7. The van der Waals surface area contributed by atoms with Gasteiger partial charge in [-0.2, -0.15) is 5.10 Å². The molecular formula is C20H25N3O4. The number of carboxylic acids is 1. The SMILES string of the molecule is CC(C)Oc1cccc(CC(=O)N2CCC(n3cc(C(=O)O)cn3)CC2)c1. The molecule has 1 N–H and O–H groups in total. The number of carboxylic acid groups (broad SMARTS) is 1. The normalized spacial score (nSPS) is 15.1. The Balaban J connectivity index is 1.54. The number of piperidine rings is 1. The number of hydrogen-bond donors (Lipinski definition) is 1. The smallest absolute Gasteiger partial charge is 0.338 e. The van der Waals surface area contributed by atoms with Crippen molar-refractivity contribution in [3.63, 3.8) is 0 Å². The molecule has 0 bridgehead atoms. The van der Waals surface area contributed by atoms with Crippen LogP contribution in [-0.4, -0.2) is 50.9 Å². The van der Waals surface area contributed by atoms with E-state index in [4.69, 9.17) is 9.84 Å². The van der Waals surface area contributed by atoms with Gasteiger partial charge in [-0.15, -0.1) is 0 Å². The predicted molar refractivity (Wildman–Crippen MR) is 99.9 cm³/mol. The molecule has 1 aromatic heterocycles. The summed E-state index contributed by atoms with van der Waals surface area (Å²) in [7, 11) is 0. The first-order valence-corrected chi connectivity index (χ1v) is 9.23. The Morgan fingerprint density at radius 3 is 2.67 bits per heavy atom. The number of hydrogen-bond acceptors (Lipinski definition) is 4. The number of aromatic nitrogens is 2. The monoisotopic (exact) mass is 371 g/mol. The summed E-state index contributed by atoms with van der Waals surface area (Å²) in [6.45, 7) is 5.24. The van der Waals surface area contributed by atoms with Crippen molar-refractivity contribution in [2.75, 3.05) is 13.1 Å². The lowest BCUT2D eigenvalue weighted by atomic mass is 10.0. The number of likely N-dealkylation sites (tertiary alicyclic amines) is 1. The van der Waals surface area contributed by atoms with E-state index in [9.17, 15) is 9.59 Å². The zero-order valence-electron chi connectivity index (χ0n) is 15.7. The van der Waals surface area contributed by atoms with Gasteiger partial charge >= 0.3 is 5.97 Å². The van der Waals surface area contributed by atoms with Gasteiger partial charge in [-0.05, 0) is 44.4 Å². The first kappa shape index (κ1) is 18.9. The Hall–Kier alpha value is -2.83. The van der Waals surface area contributed by atoms with Crippen LogP contribution in [0, 0.1) is 0 Å². The summed E-state index contributed by atoms with van der Waals surface area (Å²) in [5, 5.41) is 13.2. The van der Waals surface area contributed by atoms with Gasteiger partial charge in [-0.25, -0.2) is 4.79 Å². The van der Waals surface area contributed by atoms with Gasteiger partial charge in [-0.3, -0.25) is 9.48 Å². The molecule has 2 heterocycles. The lowest BCUT2D eigenvalue weighted by Crippen LogP contribution is -2.40. The van der Waals surface area contributed by atoms with Gasteiger partial charge in [0.15, 0.2) is 0 Å². The number of amides is 1. The van der Waals surface area contributed by atoms with Gasteiger partial charge in [0.2, 0.25) is 5.91 Å². The Morgan fingerprint density at radius 2 is 2.04 bits per heavy atom. The average Bonchev–Trinajstić information content (AvgIpc) is 3.12. The van der Waals surface area contributed by atoms with Crippen LogP contribution in [-0.2, 0) is 11.2 Å². The van der Waals surface area contributed by atoms with Crippen LogP contribution in [0.15, 0.2) is 36.7 Å². The van der Waals surface area contributed by atoms with Gasteiger partial charge in [0.05, 0.1) is 30.3 Å². The maximum atomic E-state index is 12.6. The Morgan fingerprint density at radius 1 is 1.30 bits per heavy atom. The van der Waals surface area contributed by atoms with Crippen LogP contribution in [0.5, 0.6) is 5.75 Å². The van der Waals surface area contributed by atoms with Crippen molar-refractivity contribution in [2.24, 2.45) is 0 Å². The number of ether oxygens (including phenoxy) is 1. The van der Waals surface area contributed by atoms with Crippen molar-refractivity contribution < 1.29 is 19.4 Å². The van der Waals surface area contributed by atoms with Gasteiger partial charge in [-0.1, -0.05) is 12.1 Å². The molecule has 0 aliphatic carbocycles. The van der Waals surface area contributed by atoms with Crippen LogP contribution >= 0.6 is 0 Å². The summed E-state index contributed by atoms with van der Waals surface area (Å²) in [6, 6.07) is 7.79. The maximum absolute atomic E-state index is 12.6. The molecule has 1 aromatic carbocycles. The lowest BCUT2D eigenvalue weighted by Gasteiger charge is -2.32. The van der Waals surface area contributed by atoms with Crippen molar-refractivity contribution in [3.8, 4) is 5.75 Å². The number of carbonyl (C=O) groups excluding carboxylic acids is 1. The fourth-order valence-electron chi connectivity index (χ4n) is 3.32. The Bertz CT molecular complexity index is 807. The Kier molecular flexibility index (Phi) is 5.78. The van der Waals surface area contributed by atoms with Gasteiger partial charge in [0, 0.05) is 19.3 Å². The molecule has 0 radical (unpaired) electrons. The van der Waals surface area contributed by atoms with Crippen LogP contribution in [0.1, 0.15) is 48.7 Å². The minimum atomic E-state index is -0.974. The summed E-state index contributed by atoms with van der Waals surface area (Å²) in [5.41, 5.74) is 1.13. The molecule has 7 nitrogen and oxygen atoms in total. The van der Waals surface area contributed by atoms with Crippen LogP contribution in [0.2, 0.25) is 0 Å². The molecule has 0 atom stereocenters. The summed E-state index contributed by atoms with van der Waals surface area (Å²) >= 11 is 0. The number of aromatic carboxylic acids is 1. The lowest BCUT2D eigenvalue weighted by molar-refractivity contribution is -0.131. The fourth-order valence-corrected chi connectivity index (χ4v) is 3.32. The highest BCUT2D eigenvalue weighted by Crippen LogP contribution is 2.23. The molecule has 1 aliphatic rings. The molecule has 27 heavy (non-hydrogen) atoms. The fraction of sp³-hybridized carbons (Fsp3) is 0.450. The predicted octanol–water partition coefficient (Wildman–Crippen LogP) is 2.77. The average molecular weight is 371 g/mol. The van der Waals surface area contributed by atoms with Crippen LogP contribution in [0.25, 0.3) is 0 Å². The first-order valence-electron chi connectivity index (χ1n) is 9.23. The highest BCUT2D eigenvalue weighted by Gasteiger charge is 2.25. The molecular weight excluding hydrogens is 346 g/mol. The van der Waals surface area contributed by atoms with E-state index in [2.05, 4.69) is 5.10 Å². The number of rotatable bonds is 6. The van der Waals surface area contributed by atoms with E-state index in [1.54, 1.807) is 10.9 Å². The Labute approximate surface area is 158 Å². The van der Waals surface area contributed by atoms with E-state index in [1.807, 2.05) is 43.0 Å². The minimum Gasteiger partial charge on any atom is -0.491 e. The van der Waals surface area contributed by atoms with E-state index >= 15 is 0 Å². The molecule has 0 spiro atoms. The van der Waals surface area contributed by atoms with E-state index in [1.165, 1.54) is 6.20 Å². The van der Waals surface area contributed by atoms with Crippen LogP contribution < -0.4 is 4.74 Å². The molecule has 1 saturated heterocycles. The van der Waals surface area contributed by atoms with Gasteiger partial charge in [0.1, 0.15) is 5.75 Å². The molecule has 3 rings (SSSR count). The molecule has 0 saturated carbocycles. The third-order valence-corrected chi connectivity index (χ3v) is 4.67. The standard InChI is InChI=1S/C20H25N3O4/c1-14(2)27-18-5-3-4-15(10-18)11-19(24)22-8-6-17(7-9-22)23-13-16(12-21-23)20(25)26/h3-5,10,12-14,17H,6-9,11H2,1-2H3,(H,25,26). The topological polar surface area (TPSA) is 84.7 Å². The highest BCUT2D eigenvalue weighted by molar-refractivity contribution is 5.86. The van der Waals surface area contributed by atoms with E-state index in [0.717, 1.165) is 24.2 Å². The molecule has 7 heteroatoms. The van der Waals surface area contributed by atoms with Gasteiger partial charge < -0.3 is 14.7 Å². The second-order valence-corrected chi connectivity index (χ2v) is 7.12. The second-order valence-electron chi connectivity index (χ2n) is 7.12. The van der Waals surface area contributed by atoms with Crippen molar-refractivity contribution >= 4 is 11.9 Å². The summed E-state index contributed by atoms with van der Waals surface area (Å²) in [4.78, 5) is 25.5. The number of carbonyl (C=O) groups is 2. The summed E-state index contributed by atoms with van der Waals surface area (Å²) in [6.07, 6.45) is 4.91. The van der Waals surface area contributed by atoms with Crippen molar-refractivity contribution in [3.05, 3.63) is 47.8 Å². The summed E-state index contributed by atoms with van der Waals surface area (Å²) in [5.74, 6) is -0.0960. The maximum Gasteiger partial charge on any atom is 0.338 e. The largest absolute Gasteiger partial charge is 0.491 e. The van der Waals surface area contributed by atoms with Gasteiger partial charge in [0.25, 0.3) is 0 Å². The van der Waals surface area contributed by atoms with Crippen LogP contribution in [0.3, 0.4) is 0 Å². The molecule has 1 fully saturated rings. The quantitative estimate of drug-likeness (QED) is 0.844. The molecule has 144 valence electrons. The van der Waals surface area contributed by atoms with E-state index in [-0.39, 0.29) is 23.6 Å². The van der Waals surface area contributed by atoms with E-state index < -0.39 is 5.97 Å². The number of nitrogens with zero attached hydrogens (tertiary/aromatic N) is 3. The first-order chi connectivity index (χ1) is 12.9. The highest BCUT2D eigenvalue weighted by atomic mass is 16.5.